The predicted molar refractivity (Wildman–Crippen MR) is 68.3 cm³/mol. The van der Waals surface area contributed by atoms with E-state index >= 15 is 0 Å². The number of hydrogen-bond acceptors (Lipinski definition) is 1. The molecule has 0 unspecified atom stereocenters. The van der Waals surface area contributed by atoms with Gasteiger partial charge in [0, 0.05) is 29.5 Å². The fourth-order valence-corrected chi connectivity index (χ4v) is 0.954. The van der Waals surface area contributed by atoms with E-state index in [4.69, 9.17) is 0 Å². The summed E-state index contributed by atoms with van der Waals surface area (Å²) in [6.07, 6.45) is 3.50. The molecule has 0 atom stereocenters. The first-order valence-corrected chi connectivity index (χ1v) is 5.18. The van der Waals surface area contributed by atoms with E-state index in [-0.39, 0.29) is 17.1 Å². The van der Waals surface area contributed by atoms with Crippen molar-refractivity contribution in [3.05, 3.63) is 91.3 Å². The van der Waals surface area contributed by atoms with Crippen molar-refractivity contribution in [3.8, 4) is 0 Å². The van der Waals surface area contributed by atoms with Crippen molar-refractivity contribution in [2.75, 3.05) is 0 Å². The fourth-order valence-electron chi connectivity index (χ4n) is 0.954. The van der Waals surface area contributed by atoms with Crippen molar-refractivity contribution < 1.29 is 17.1 Å². The molecule has 0 aliphatic heterocycles. The van der Waals surface area contributed by atoms with Gasteiger partial charge in [0.25, 0.3) is 0 Å². The minimum atomic E-state index is 0. The second-order valence-corrected chi connectivity index (χ2v) is 2.95. The molecule has 0 aliphatic carbocycles. The van der Waals surface area contributed by atoms with Crippen LogP contribution in [0.5, 0.6) is 0 Å². The molecule has 94 valence electrons. The van der Waals surface area contributed by atoms with Crippen molar-refractivity contribution in [1.29, 1.82) is 0 Å². The van der Waals surface area contributed by atoms with Gasteiger partial charge in [-0.3, -0.25) is 4.98 Å². The van der Waals surface area contributed by atoms with Crippen LogP contribution in [0, 0.1) is 0 Å². The quantitative estimate of drug-likeness (QED) is 0.444. The number of hydrogen-bond donors (Lipinski definition) is 0. The zero-order valence-corrected chi connectivity index (χ0v) is 10.6. The van der Waals surface area contributed by atoms with Crippen LogP contribution < -0.4 is 0 Å². The minimum absolute atomic E-state index is 0. The summed E-state index contributed by atoms with van der Waals surface area (Å²) in [6.45, 7) is 0. The largest absolute Gasteiger partial charge is 0.748 e. The Morgan fingerprint density at radius 2 is 1.06 bits per heavy atom. The van der Waals surface area contributed by atoms with Gasteiger partial charge in [0.15, 0.2) is 0 Å². The Balaban J connectivity index is 0.000000221. The average molecular weight is 265 g/mol. The van der Waals surface area contributed by atoms with Crippen molar-refractivity contribution in [1.82, 2.24) is 4.98 Å². The van der Waals surface area contributed by atoms with E-state index in [9.17, 15) is 0 Å². The molecule has 0 saturated carbocycles. The Hall–Kier alpha value is -1.63. The van der Waals surface area contributed by atoms with E-state index in [1.807, 2.05) is 78.9 Å². The molecule has 0 amide bonds. The van der Waals surface area contributed by atoms with E-state index in [2.05, 4.69) is 4.98 Å². The second-order valence-electron chi connectivity index (χ2n) is 2.95. The number of rotatable bonds is 0. The van der Waals surface area contributed by atoms with Crippen molar-refractivity contribution >= 4 is 0 Å². The van der Waals surface area contributed by atoms with Crippen LogP contribution in [0.25, 0.3) is 0 Å². The van der Waals surface area contributed by atoms with Gasteiger partial charge in [-0.1, -0.05) is 6.07 Å². The molecule has 2 heteroatoms. The van der Waals surface area contributed by atoms with E-state index in [0.29, 0.717) is 0 Å². The van der Waals surface area contributed by atoms with Crippen LogP contribution in [-0.2, 0) is 17.1 Å². The third-order valence-electron chi connectivity index (χ3n) is 1.68. The van der Waals surface area contributed by atoms with E-state index in [1.165, 1.54) is 0 Å². The van der Waals surface area contributed by atoms with Crippen LogP contribution >= 0.6 is 0 Å². The zero-order valence-electron chi connectivity index (χ0n) is 9.46. The molecule has 0 radical (unpaired) electrons. The molecule has 1 aromatic heterocycles. The molecule has 0 N–H and O–H groups in total. The maximum absolute atomic E-state index is 3.78. The summed E-state index contributed by atoms with van der Waals surface area (Å²) >= 11 is 0. The molecule has 3 rings (SSSR count). The Labute approximate surface area is 113 Å². The smallest absolute Gasteiger partial charge is 0.0267 e. The fraction of sp³-hybridized carbons (Fsp3) is 0. The second kappa shape index (κ2) is 12.4. The topological polar surface area (TPSA) is 12.9 Å². The SMILES string of the molecule is [Fe].[cH-]1[cH-][cH-][cH-][cH-]1.c1cc[cH-]c1.c1ccncc1. The van der Waals surface area contributed by atoms with Gasteiger partial charge in [-0.25, -0.2) is 12.1 Å². The van der Waals surface area contributed by atoms with Crippen LogP contribution in [0.1, 0.15) is 0 Å². The van der Waals surface area contributed by atoms with E-state index in [0.717, 1.165) is 0 Å². The summed E-state index contributed by atoms with van der Waals surface area (Å²) in [6, 6.07) is 25.7. The first-order valence-electron chi connectivity index (χ1n) is 5.18. The molecule has 0 fully saturated rings. The summed E-state index contributed by atoms with van der Waals surface area (Å²) < 4.78 is 0. The minimum Gasteiger partial charge on any atom is -0.748 e. The Morgan fingerprint density at radius 1 is 0.588 bits per heavy atom. The predicted octanol–water partition coefficient (Wildman–Crippen LogP) is 3.89. The standard InChI is InChI=1S/C5H5N.2C5H5.Fe/c1-2-4-6-5-3-1;2*1-2-4-5-3-1;/h1-5H;2*1-5H;/q;-5;-1;. The Kier molecular flexibility index (Phi) is 11.2. The normalized spacial score (nSPS) is 7.53. The summed E-state index contributed by atoms with van der Waals surface area (Å²) in [5, 5.41) is 0. The molecule has 0 spiro atoms. The van der Waals surface area contributed by atoms with Gasteiger partial charge in [0.2, 0.25) is 0 Å². The maximum Gasteiger partial charge on any atom is 0.0267 e. The molecule has 17 heavy (non-hydrogen) atoms. The molecular weight excluding hydrogens is 250 g/mol. The van der Waals surface area contributed by atoms with Gasteiger partial charge in [-0.05, 0) is 12.1 Å². The molecule has 3 aromatic rings. The van der Waals surface area contributed by atoms with Crippen LogP contribution in [0.15, 0.2) is 91.3 Å². The van der Waals surface area contributed by atoms with E-state index < -0.39 is 0 Å². The first kappa shape index (κ1) is 15.4. The van der Waals surface area contributed by atoms with Gasteiger partial charge in [-0.2, -0.15) is 18.2 Å². The summed E-state index contributed by atoms with van der Waals surface area (Å²) in [7, 11) is 0. The number of pyridine rings is 1. The molecule has 1 nitrogen and oxygen atoms in total. The maximum atomic E-state index is 3.78. The molecule has 2 aromatic carbocycles. The number of nitrogens with zero attached hydrogens (tertiary/aromatic N) is 1. The summed E-state index contributed by atoms with van der Waals surface area (Å²) in [4.78, 5) is 3.78. The first-order chi connectivity index (χ1) is 8.00. The molecule has 0 aliphatic rings. The van der Waals surface area contributed by atoms with Gasteiger partial charge in [0.1, 0.15) is 0 Å². The van der Waals surface area contributed by atoms with Crippen LogP contribution in [-0.4, -0.2) is 4.98 Å². The van der Waals surface area contributed by atoms with Crippen molar-refractivity contribution in [3.63, 3.8) is 0 Å². The third kappa shape index (κ3) is 10.6. The van der Waals surface area contributed by atoms with Crippen LogP contribution in [0.3, 0.4) is 0 Å². The zero-order chi connectivity index (χ0) is 11.3. The van der Waals surface area contributed by atoms with Crippen molar-refractivity contribution in [2.45, 2.75) is 0 Å². The van der Waals surface area contributed by atoms with Crippen molar-refractivity contribution in [2.24, 2.45) is 0 Å². The average Bonchev–Trinajstić information content (AvgIpc) is 3.10. The summed E-state index contributed by atoms with van der Waals surface area (Å²) in [5.41, 5.74) is 0. The molecular formula is C15H15FeN-6. The Morgan fingerprint density at radius 3 is 1.24 bits per heavy atom. The molecule has 1 heterocycles. The van der Waals surface area contributed by atoms with E-state index in [1.54, 1.807) is 12.4 Å². The Bertz CT molecular complexity index is 302. The van der Waals surface area contributed by atoms with Crippen LogP contribution in [0.2, 0.25) is 0 Å². The van der Waals surface area contributed by atoms with Gasteiger partial charge in [0.05, 0.1) is 0 Å². The van der Waals surface area contributed by atoms with Gasteiger partial charge >= 0.3 is 0 Å². The monoisotopic (exact) mass is 265 g/mol. The third-order valence-corrected chi connectivity index (χ3v) is 1.68. The van der Waals surface area contributed by atoms with Gasteiger partial charge in [-0.15, -0.1) is 0 Å². The summed E-state index contributed by atoms with van der Waals surface area (Å²) in [5.74, 6) is 0. The van der Waals surface area contributed by atoms with Gasteiger partial charge < -0.3 is 30.3 Å². The molecule has 0 saturated heterocycles. The van der Waals surface area contributed by atoms with Crippen LogP contribution in [0.4, 0.5) is 0 Å². The number of aromatic nitrogens is 1. The molecule has 0 bridgehead atoms.